The molecule has 0 aliphatic carbocycles. The maximum absolute atomic E-state index is 11.2. The van der Waals surface area contributed by atoms with Crippen molar-refractivity contribution in [2.75, 3.05) is 0 Å². The fraction of sp³-hybridized carbons (Fsp3) is 0.125. The molecular formula is C16H15ClNO+. The highest BCUT2D eigenvalue weighted by atomic mass is 35.5. The predicted molar refractivity (Wildman–Crippen MR) is 77.7 cm³/mol. The molecule has 0 amide bonds. The van der Waals surface area contributed by atoms with Crippen molar-refractivity contribution in [2.24, 2.45) is 0 Å². The summed E-state index contributed by atoms with van der Waals surface area (Å²) in [7, 11) is 0. The van der Waals surface area contributed by atoms with E-state index in [4.69, 9.17) is 11.6 Å². The minimum Gasteiger partial charge on any atom is -0.293 e. The van der Waals surface area contributed by atoms with Crippen molar-refractivity contribution in [1.82, 2.24) is 0 Å². The maximum Gasteiger partial charge on any atom is 0.206 e. The molecule has 1 aromatic heterocycles. The predicted octanol–water partition coefficient (Wildman–Crippen LogP) is 3.39. The van der Waals surface area contributed by atoms with Gasteiger partial charge in [-0.1, -0.05) is 29.8 Å². The molecule has 2 nitrogen and oxygen atoms in total. The second kappa shape index (κ2) is 6.30. The summed E-state index contributed by atoms with van der Waals surface area (Å²) < 4.78 is 1.91. The molecule has 0 aliphatic heterocycles. The van der Waals surface area contributed by atoms with Crippen LogP contribution in [0.5, 0.6) is 0 Å². The van der Waals surface area contributed by atoms with Gasteiger partial charge in [-0.25, -0.2) is 0 Å². The zero-order valence-electron chi connectivity index (χ0n) is 10.7. The number of carbonyl (C=O) groups excluding carboxylic acids is 1. The highest BCUT2D eigenvalue weighted by Gasteiger charge is 2.08. The topological polar surface area (TPSA) is 20.9 Å². The first-order valence-electron chi connectivity index (χ1n) is 6.07. The van der Waals surface area contributed by atoms with Crippen LogP contribution in [0.15, 0.2) is 48.7 Å². The van der Waals surface area contributed by atoms with E-state index in [-0.39, 0.29) is 5.78 Å². The Kier molecular flexibility index (Phi) is 4.48. The monoisotopic (exact) mass is 272 g/mol. The van der Waals surface area contributed by atoms with Crippen LogP contribution in [0, 0.1) is 0 Å². The molecule has 0 radical (unpaired) electrons. The van der Waals surface area contributed by atoms with Crippen LogP contribution in [0.4, 0.5) is 0 Å². The highest BCUT2D eigenvalue weighted by molar-refractivity contribution is 6.32. The lowest BCUT2D eigenvalue weighted by molar-refractivity contribution is -0.685. The van der Waals surface area contributed by atoms with Gasteiger partial charge in [0.15, 0.2) is 12.0 Å². The van der Waals surface area contributed by atoms with Crippen LogP contribution in [0.1, 0.15) is 18.2 Å². The SMILES string of the molecule is CC(=O)C[n+]1ccccc1/C=C/c1ccccc1Cl. The molecule has 0 N–H and O–H groups in total. The van der Waals surface area contributed by atoms with E-state index in [0.29, 0.717) is 11.6 Å². The molecule has 1 heterocycles. The van der Waals surface area contributed by atoms with Gasteiger partial charge in [0, 0.05) is 30.2 Å². The number of hydrogen-bond acceptors (Lipinski definition) is 1. The Bertz CT molecular complexity index is 620. The minimum atomic E-state index is 0.128. The second-order valence-electron chi connectivity index (χ2n) is 4.31. The van der Waals surface area contributed by atoms with Gasteiger partial charge < -0.3 is 0 Å². The molecule has 96 valence electrons. The van der Waals surface area contributed by atoms with Crippen molar-refractivity contribution in [2.45, 2.75) is 13.5 Å². The first kappa shape index (κ1) is 13.5. The number of halogens is 1. The Hall–Kier alpha value is -1.93. The largest absolute Gasteiger partial charge is 0.293 e. The number of rotatable bonds is 4. The van der Waals surface area contributed by atoms with Gasteiger partial charge in [0.2, 0.25) is 12.2 Å². The molecule has 0 saturated carbocycles. The second-order valence-corrected chi connectivity index (χ2v) is 4.72. The zero-order valence-corrected chi connectivity index (χ0v) is 11.5. The summed E-state index contributed by atoms with van der Waals surface area (Å²) in [5.41, 5.74) is 1.93. The third kappa shape index (κ3) is 3.76. The van der Waals surface area contributed by atoms with Crippen molar-refractivity contribution in [3.63, 3.8) is 0 Å². The van der Waals surface area contributed by atoms with Crippen molar-refractivity contribution in [1.29, 1.82) is 0 Å². The van der Waals surface area contributed by atoms with Gasteiger partial charge in [0.05, 0.1) is 0 Å². The van der Waals surface area contributed by atoms with Crippen LogP contribution in [-0.4, -0.2) is 5.78 Å². The summed E-state index contributed by atoms with van der Waals surface area (Å²) in [5.74, 6) is 0.128. The molecular weight excluding hydrogens is 258 g/mol. The first-order chi connectivity index (χ1) is 9.16. The Morgan fingerprint density at radius 2 is 1.89 bits per heavy atom. The van der Waals surface area contributed by atoms with E-state index in [0.717, 1.165) is 11.3 Å². The lowest BCUT2D eigenvalue weighted by atomic mass is 10.2. The third-order valence-corrected chi connectivity index (χ3v) is 3.05. The van der Waals surface area contributed by atoms with Gasteiger partial charge in [-0.15, -0.1) is 0 Å². The summed E-state index contributed by atoms with van der Waals surface area (Å²) >= 11 is 6.10. The van der Waals surface area contributed by atoms with Crippen LogP contribution < -0.4 is 4.57 Å². The average Bonchev–Trinajstić information content (AvgIpc) is 2.39. The molecule has 2 rings (SSSR count). The number of pyridine rings is 1. The van der Waals surface area contributed by atoms with Crippen LogP contribution in [0.2, 0.25) is 5.02 Å². The van der Waals surface area contributed by atoms with E-state index in [9.17, 15) is 4.79 Å². The van der Waals surface area contributed by atoms with Gasteiger partial charge >= 0.3 is 0 Å². The third-order valence-electron chi connectivity index (χ3n) is 2.71. The van der Waals surface area contributed by atoms with E-state index >= 15 is 0 Å². The van der Waals surface area contributed by atoms with E-state index in [2.05, 4.69) is 0 Å². The molecule has 0 atom stereocenters. The molecule has 1 aromatic carbocycles. The van der Waals surface area contributed by atoms with E-state index in [1.165, 1.54) is 0 Å². The number of benzene rings is 1. The van der Waals surface area contributed by atoms with Crippen LogP contribution in [0.3, 0.4) is 0 Å². The summed E-state index contributed by atoms with van der Waals surface area (Å²) in [6, 6.07) is 13.5. The Balaban J connectivity index is 2.28. The smallest absolute Gasteiger partial charge is 0.206 e. The first-order valence-corrected chi connectivity index (χ1v) is 6.45. The number of carbonyl (C=O) groups is 1. The van der Waals surface area contributed by atoms with Gasteiger partial charge in [-0.2, -0.15) is 4.57 Å². The highest BCUT2D eigenvalue weighted by Crippen LogP contribution is 2.17. The number of Topliss-reactive ketones (excluding diaryl/α,β-unsaturated/α-hetero) is 1. The molecule has 0 saturated heterocycles. The van der Waals surface area contributed by atoms with Gasteiger partial charge in [-0.05, 0) is 23.8 Å². The standard InChI is InChI=1S/C16H15ClNO/c1-13(19)12-18-11-5-4-7-15(18)10-9-14-6-2-3-8-16(14)17/h2-11H,12H2,1H3/q+1/b10-9+. The van der Waals surface area contributed by atoms with Crippen molar-refractivity contribution >= 4 is 29.5 Å². The molecule has 2 aromatic rings. The number of aromatic nitrogens is 1. The zero-order chi connectivity index (χ0) is 13.7. The summed E-state index contributed by atoms with van der Waals surface area (Å²) in [5, 5.41) is 0.716. The summed E-state index contributed by atoms with van der Waals surface area (Å²) in [4.78, 5) is 11.2. The molecule has 0 unspecified atom stereocenters. The quantitative estimate of drug-likeness (QED) is 0.782. The number of hydrogen-bond donors (Lipinski definition) is 0. The lowest BCUT2D eigenvalue weighted by Gasteiger charge is -1.99. The molecule has 0 spiro atoms. The summed E-state index contributed by atoms with van der Waals surface area (Å²) in [6.07, 6.45) is 5.81. The van der Waals surface area contributed by atoms with Crippen LogP contribution >= 0.6 is 11.6 Å². The van der Waals surface area contributed by atoms with E-state index in [1.807, 2.05) is 65.4 Å². The van der Waals surface area contributed by atoms with Crippen LogP contribution in [0.25, 0.3) is 12.2 Å². The fourth-order valence-corrected chi connectivity index (χ4v) is 2.01. The normalized spacial score (nSPS) is 10.8. The molecule has 0 bridgehead atoms. The van der Waals surface area contributed by atoms with Crippen molar-refractivity contribution in [3.8, 4) is 0 Å². The fourth-order valence-electron chi connectivity index (χ4n) is 1.81. The molecule has 0 fully saturated rings. The molecule has 0 aliphatic rings. The Labute approximate surface area is 118 Å². The van der Waals surface area contributed by atoms with Gasteiger partial charge in [-0.3, -0.25) is 4.79 Å². The summed E-state index contributed by atoms with van der Waals surface area (Å²) in [6.45, 7) is 1.96. The Morgan fingerprint density at radius 1 is 1.16 bits per heavy atom. The average molecular weight is 273 g/mol. The van der Waals surface area contributed by atoms with Crippen molar-refractivity contribution in [3.05, 3.63) is 64.9 Å². The molecule has 3 heteroatoms. The number of nitrogens with zero attached hydrogens (tertiary/aromatic N) is 1. The maximum atomic E-state index is 11.2. The van der Waals surface area contributed by atoms with E-state index < -0.39 is 0 Å². The van der Waals surface area contributed by atoms with Gasteiger partial charge in [0.25, 0.3) is 0 Å². The lowest BCUT2D eigenvalue weighted by Crippen LogP contribution is -2.39. The van der Waals surface area contributed by atoms with Crippen molar-refractivity contribution < 1.29 is 9.36 Å². The molecule has 19 heavy (non-hydrogen) atoms. The van der Waals surface area contributed by atoms with E-state index in [1.54, 1.807) is 6.92 Å². The van der Waals surface area contributed by atoms with Crippen LogP contribution in [-0.2, 0) is 11.3 Å². The minimum absolute atomic E-state index is 0.128. The number of ketones is 1. The van der Waals surface area contributed by atoms with Gasteiger partial charge in [0.1, 0.15) is 0 Å². The Morgan fingerprint density at radius 3 is 2.63 bits per heavy atom.